The molecule has 132 valence electrons. The quantitative estimate of drug-likeness (QED) is 0.728. The predicted octanol–water partition coefficient (Wildman–Crippen LogP) is 2.75. The third-order valence-corrected chi connectivity index (χ3v) is 7.52. The van der Waals surface area contributed by atoms with Crippen LogP contribution < -0.4 is 5.56 Å². The van der Waals surface area contributed by atoms with Crippen LogP contribution in [0.2, 0.25) is 0 Å². The van der Waals surface area contributed by atoms with Crippen molar-refractivity contribution in [1.82, 2.24) is 19.4 Å². The zero-order valence-electron chi connectivity index (χ0n) is 14.9. The van der Waals surface area contributed by atoms with Gasteiger partial charge in [0.1, 0.15) is 10.5 Å². The van der Waals surface area contributed by atoms with Gasteiger partial charge in [-0.25, -0.2) is 4.98 Å². The molecule has 0 spiro atoms. The average molecular weight is 356 g/mol. The first kappa shape index (κ1) is 15.6. The lowest BCUT2D eigenvalue weighted by atomic mass is 10.00. The van der Waals surface area contributed by atoms with Crippen molar-refractivity contribution in [3.8, 4) is 0 Å². The van der Waals surface area contributed by atoms with Crippen LogP contribution in [0.15, 0.2) is 17.1 Å². The van der Waals surface area contributed by atoms with Gasteiger partial charge in [0.2, 0.25) is 0 Å². The van der Waals surface area contributed by atoms with Gasteiger partial charge in [-0.2, -0.15) is 0 Å². The lowest BCUT2D eigenvalue weighted by molar-refractivity contribution is 0.316. The molecule has 0 aromatic carbocycles. The van der Waals surface area contributed by atoms with Crippen molar-refractivity contribution in [2.45, 2.75) is 44.8 Å². The highest BCUT2D eigenvalue weighted by molar-refractivity contribution is 7.19. The number of aromatic nitrogens is 2. The van der Waals surface area contributed by atoms with E-state index in [1.165, 1.54) is 10.4 Å². The van der Waals surface area contributed by atoms with E-state index < -0.39 is 0 Å². The van der Waals surface area contributed by atoms with Gasteiger partial charge in [0.25, 0.3) is 5.56 Å². The summed E-state index contributed by atoms with van der Waals surface area (Å²) in [4.78, 5) is 24.4. The van der Waals surface area contributed by atoms with E-state index in [1.807, 2.05) is 4.57 Å². The number of fused-ring (bicyclic) bond motifs is 6. The van der Waals surface area contributed by atoms with Crippen molar-refractivity contribution >= 4 is 21.6 Å². The molecule has 5 rings (SSSR count). The number of nitrogens with zero attached hydrogens (tertiary/aromatic N) is 4. The van der Waals surface area contributed by atoms with E-state index in [9.17, 15) is 4.79 Å². The summed E-state index contributed by atoms with van der Waals surface area (Å²) in [6, 6.07) is 0.235. The van der Waals surface area contributed by atoms with Crippen LogP contribution in [-0.2, 0) is 19.5 Å². The number of likely N-dealkylation sites (N-methyl/N-ethyl adjacent to an activating group) is 1. The van der Waals surface area contributed by atoms with E-state index in [-0.39, 0.29) is 11.6 Å². The number of allylic oxidation sites excluding steroid dienone is 1. The minimum atomic E-state index is 0.182. The Bertz CT molecular complexity index is 943. The van der Waals surface area contributed by atoms with Crippen LogP contribution in [0.3, 0.4) is 0 Å². The zero-order chi connectivity index (χ0) is 17.3. The largest absolute Gasteiger partial charge is 0.371 e. The summed E-state index contributed by atoms with van der Waals surface area (Å²) in [5.41, 5.74) is 3.58. The first-order valence-corrected chi connectivity index (χ1v) is 10.0. The highest BCUT2D eigenvalue weighted by Crippen LogP contribution is 2.43. The van der Waals surface area contributed by atoms with Gasteiger partial charge in [-0.1, -0.05) is 13.0 Å². The van der Waals surface area contributed by atoms with Crippen LogP contribution in [0.1, 0.15) is 41.6 Å². The molecule has 5 nitrogen and oxygen atoms in total. The van der Waals surface area contributed by atoms with Crippen molar-refractivity contribution in [2.24, 2.45) is 5.92 Å². The second-order valence-corrected chi connectivity index (χ2v) is 8.93. The maximum Gasteiger partial charge on any atom is 0.271 e. The summed E-state index contributed by atoms with van der Waals surface area (Å²) >= 11 is 1.69. The Morgan fingerprint density at radius 3 is 2.92 bits per heavy atom. The van der Waals surface area contributed by atoms with E-state index in [4.69, 9.17) is 4.98 Å². The van der Waals surface area contributed by atoms with Gasteiger partial charge in [-0.15, -0.1) is 11.3 Å². The van der Waals surface area contributed by atoms with Crippen LogP contribution in [0, 0.1) is 5.92 Å². The van der Waals surface area contributed by atoms with Crippen molar-refractivity contribution in [2.75, 3.05) is 20.6 Å². The fourth-order valence-corrected chi connectivity index (χ4v) is 6.05. The fraction of sp³-hybridized carbons (Fsp3) is 0.579. The fourth-order valence-electron chi connectivity index (χ4n) is 4.87. The molecule has 2 aromatic heterocycles. The Labute approximate surface area is 151 Å². The van der Waals surface area contributed by atoms with E-state index in [0.29, 0.717) is 12.5 Å². The van der Waals surface area contributed by atoms with Crippen LogP contribution in [-0.4, -0.2) is 40.0 Å². The third kappa shape index (κ3) is 2.16. The summed E-state index contributed by atoms with van der Waals surface area (Å²) in [5, 5.41) is 0. The molecular formula is C19H24N4OS. The standard InChI is InChI=1S/C19H24N4OS/c1-11-12-5-4-6-14(12)23-16(10-22(11)3)20-17-13-9-21(2)8-7-15(13)25-18(17)19(23)24/h12,14H,1,4-10H2,2-3H3/t12-,14+/m0/s1. The summed E-state index contributed by atoms with van der Waals surface area (Å²) in [6.07, 6.45) is 4.39. The van der Waals surface area contributed by atoms with Gasteiger partial charge >= 0.3 is 0 Å². The lowest BCUT2D eigenvalue weighted by Crippen LogP contribution is -2.29. The topological polar surface area (TPSA) is 41.4 Å². The third-order valence-electron chi connectivity index (χ3n) is 6.25. The van der Waals surface area contributed by atoms with Crippen LogP contribution in [0.25, 0.3) is 10.2 Å². The Balaban J connectivity index is 1.77. The molecule has 1 aliphatic carbocycles. The molecular weight excluding hydrogens is 332 g/mol. The number of hydrogen-bond acceptors (Lipinski definition) is 5. The molecule has 3 aliphatic rings. The molecule has 0 N–H and O–H groups in total. The highest BCUT2D eigenvalue weighted by Gasteiger charge is 2.38. The molecule has 0 unspecified atom stereocenters. The molecule has 0 bridgehead atoms. The first-order chi connectivity index (χ1) is 12.0. The molecule has 25 heavy (non-hydrogen) atoms. The maximum absolute atomic E-state index is 13.5. The van der Waals surface area contributed by atoms with E-state index in [1.54, 1.807) is 11.3 Å². The average Bonchev–Trinajstić information content (AvgIpc) is 3.17. The van der Waals surface area contributed by atoms with Crippen molar-refractivity contribution < 1.29 is 0 Å². The molecule has 2 atom stereocenters. The Hall–Kier alpha value is -1.66. The van der Waals surface area contributed by atoms with Gasteiger partial charge in [0.15, 0.2) is 0 Å². The van der Waals surface area contributed by atoms with E-state index >= 15 is 0 Å². The van der Waals surface area contributed by atoms with Crippen LogP contribution >= 0.6 is 11.3 Å². The molecule has 4 heterocycles. The summed E-state index contributed by atoms with van der Waals surface area (Å²) in [5.74, 6) is 1.30. The number of rotatable bonds is 0. The molecule has 0 saturated heterocycles. The smallest absolute Gasteiger partial charge is 0.271 e. The maximum atomic E-state index is 13.5. The molecule has 0 radical (unpaired) electrons. The normalized spacial score (nSPS) is 26.5. The number of hydrogen-bond donors (Lipinski definition) is 0. The summed E-state index contributed by atoms with van der Waals surface area (Å²) in [7, 11) is 4.23. The summed E-state index contributed by atoms with van der Waals surface area (Å²) < 4.78 is 2.89. The first-order valence-electron chi connectivity index (χ1n) is 9.18. The molecule has 1 saturated carbocycles. The molecule has 0 amide bonds. The van der Waals surface area contributed by atoms with Gasteiger partial charge in [-0.3, -0.25) is 9.36 Å². The minimum Gasteiger partial charge on any atom is -0.371 e. The second kappa shape index (κ2) is 5.42. The van der Waals surface area contributed by atoms with E-state index in [0.717, 1.165) is 60.5 Å². The van der Waals surface area contributed by atoms with E-state index in [2.05, 4.69) is 30.5 Å². The summed E-state index contributed by atoms with van der Waals surface area (Å²) in [6.45, 7) is 6.97. The lowest BCUT2D eigenvalue weighted by Gasteiger charge is -2.24. The van der Waals surface area contributed by atoms with Gasteiger partial charge in [0, 0.05) is 48.2 Å². The Kier molecular flexibility index (Phi) is 3.38. The van der Waals surface area contributed by atoms with Crippen molar-refractivity contribution in [1.29, 1.82) is 0 Å². The molecule has 6 heteroatoms. The molecule has 2 aromatic rings. The van der Waals surface area contributed by atoms with Crippen molar-refractivity contribution in [3.63, 3.8) is 0 Å². The Morgan fingerprint density at radius 2 is 2.08 bits per heavy atom. The minimum absolute atomic E-state index is 0.182. The SMILES string of the molecule is C=C1[C@@H]2CCC[C@H]2n2c(nc3c4c(sc3c2=O)CCN(C)C4)CN1C. The zero-order valence-corrected chi connectivity index (χ0v) is 15.7. The monoisotopic (exact) mass is 356 g/mol. The molecule has 1 fully saturated rings. The number of thiophene rings is 1. The predicted molar refractivity (Wildman–Crippen MR) is 101 cm³/mol. The van der Waals surface area contributed by atoms with Gasteiger partial charge in [-0.05, 0) is 26.3 Å². The second-order valence-electron chi connectivity index (χ2n) is 7.82. The van der Waals surface area contributed by atoms with Crippen LogP contribution in [0.4, 0.5) is 0 Å². The van der Waals surface area contributed by atoms with Gasteiger partial charge < -0.3 is 9.80 Å². The molecule has 2 aliphatic heterocycles. The highest BCUT2D eigenvalue weighted by atomic mass is 32.1. The van der Waals surface area contributed by atoms with Crippen molar-refractivity contribution in [3.05, 3.63) is 38.9 Å². The van der Waals surface area contributed by atoms with Crippen LogP contribution in [0.5, 0.6) is 0 Å². The Morgan fingerprint density at radius 1 is 1.24 bits per heavy atom. The van der Waals surface area contributed by atoms with Gasteiger partial charge in [0.05, 0.1) is 12.1 Å².